The third kappa shape index (κ3) is 3.81. The van der Waals surface area contributed by atoms with Crippen LogP contribution in [0, 0.1) is 5.41 Å². The Kier molecular flexibility index (Phi) is 5.50. The number of likely N-dealkylation sites (tertiary alicyclic amines) is 1. The zero-order chi connectivity index (χ0) is 16.3. The number of methoxy groups -OCH3 is 1. The van der Waals surface area contributed by atoms with Crippen LogP contribution in [0.1, 0.15) is 47.0 Å². The second-order valence-corrected chi connectivity index (χ2v) is 6.37. The summed E-state index contributed by atoms with van der Waals surface area (Å²) in [6, 6.07) is 0. The number of esters is 1. The maximum absolute atomic E-state index is 12.1. The van der Waals surface area contributed by atoms with Crippen molar-refractivity contribution in [1.82, 2.24) is 10.2 Å². The molecule has 0 bridgehead atoms. The molecule has 1 rings (SSSR count). The van der Waals surface area contributed by atoms with E-state index in [-0.39, 0.29) is 24.2 Å². The highest BCUT2D eigenvalue weighted by molar-refractivity contribution is 6.05. The smallest absolute Gasteiger partial charge is 0.325 e. The van der Waals surface area contributed by atoms with Crippen molar-refractivity contribution in [1.29, 1.82) is 0 Å². The van der Waals surface area contributed by atoms with Crippen molar-refractivity contribution in [2.75, 3.05) is 20.2 Å². The summed E-state index contributed by atoms with van der Waals surface area (Å²) in [5.74, 6) is -0.590. The van der Waals surface area contributed by atoms with Crippen LogP contribution >= 0.6 is 0 Å². The molecular formula is C15H26N2O4. The largest absolute Gasteiger partial charge is 0.468 e. The van der Waals surface area contributed by atoms with Gasteiger partial charge in [0.2, 0.25) is 11.8 Å². The summed E-state index contributed by atoms with van der Waals surface area (Å²) in [7, 11) is 1.36. The van der Waals surface area contributed by atoms with Gasteiger partial charge in [-0.3, -0.25) is 19.3 Å². The molecule has 0 aromatic carbocycles. The van der Waals surface area contributed by atoms with Gasteiger partial charge in [0.25, 0.3) is 0 Å². The predicted molar refractivity (Wildman–Crippen MR) is 78.4 cm³/mol. The maximum Gasteiger partial charge on any atom is 0.325 e. The Hall–Kier alpha value is -1.43. The third-order valence-electron chi connectivity index (χ3n) is 3.98. The molecule has 1 aliphatic rings. The molecule has 1 N–H and O–H groups in total. The number of amides is 2. The molecule has 120 valence electrons. The van der Waals surface area contributed by atoms with E-state index < -0.39 is 11.0 Å². The molecule has 2 amide bonds. The lowest BCUT2D eigenvalue weighted by molar-refractivity contribution is -0.148. The molecule has 0 spiro atoms. The van der Waals surface area contributed by atoms with Crippen molar-refractivity contribution >= 4 is 17.8 Å². The number of likely N-dealkylation sites (N-methyl/N-ethyl adjacent to an activating group) is 1. The Balaban J connectivity index is 2.61. The van der Waals surface area contributed by atoms with Crippen LogP contribution in [-0.4, -0.2) is 48.4 Å². The maximum atomic E-state index is 12.1. The van der Waals surface area contributed by atoms with E-state index in [1.807, 2.05) is 6.92 Å². The van der Waals surface area contributed by atoms with Crippen LogP contribution in [0.25, 0.3) is 0 Å². The molecule has 0 saturated carbocycles. The van der Waals surface area contributed by atoms with Crippen LogP contribution in [0.15, 0.2) is 0 Å². The fourth-order valence-corrected chi connectivity index (χ4v) is 2.72. The highest BCUT2D eigenvalue weighted by Crippen LogP contribution is 2.31. The van der Waals surface area contributed by atoms with E-state index in [9.17, 15) is 14.4 Å². The van der Waals surface area contributed by atoms with Crippen molar-refractivity contribution in [3.63, 3.8) is 0 Å². The van der Waals surface area contributed by atoms with E-state index in [1.54, 1.807) is 20.8 Å². The van der Waals surface area contributed by atoms with E-state index in [2.05, 4.69) is 5.32 Å². The summed E-state index contributed by atoms with van der Waals surface area (Å²) in [5.41, 5.74) is -1.39. The van der Waals surface area contributed by atoms with Crippen molar-refractivity contribution in [3.8, 4) is 0 Å². The quantitative estimate of drug-likeness (QED) is 0.562. The van der Waals surface area contributed by atoms with Gasteiger partial charge in [-0.2, -0.15) is 0 Å². The number of nitrogens with one attached hydrogen (secondary N) is 1. The lowest BCUT2D eigenvalue weighted by atomic mass is 9.92. The van der Waals surface area contributed by atoms with E-state index in [1.165, 1.54) is 12.0 Å². The lowest BCUT2D eigenvalue weighted by Gasteiger charge is -2.28. The monoisotopic (exact) mass is 298 g/mol. The van der Waals surface area contributed by atoms with Gasteiger partial charge in [-0.05, 0) is 26.3 Å². The molecule has 0 aromatic rings. The Morgan fingerprint density at radius 3 is 2.48 bits per heavy atom. The number of nitrogens with zero attached hydrogens (tertiary/aromatic N) is 1. The predicted octanol–water partition coefficient (Wildman–Crippen LogP) is 1.09. The van der Waals surface area contributed by atoms with Crippen LogP contribution in [0.3, 0.4) is 0 Å². The first-order valence-electron chi connectivity index (χ1n) is 7.36. The molecule has 0 aliphatic carbocycles. The summed E-state index contributed by atoms with van der Waals surface area (Å²) >= 11 is 0. The average molecular weight is 298 g/mol. The van der Waals surface area contributed by atoms with Crippen molar-refractivity contribution in [2.45, 2.75) is 52.5 Å². The minimum Gasteiger partial charge on any atom is -0.468 e. The zero-order valence-corrected chi connectivity index (χ0v) is 13.6. The number of carbonyl (C=O) groups excluding carboxylic acids is 3. The number of carbonyl (C=O) groups is 3. The van der Waals surface area contributed by atoms with Gasteiger partial charge >= 0.3 is 5.97 Å². The highest BCUT2D eigenvalue weighted by atomic mass is 16.5. The summed E-state index contributed by atoms with van der Waals surface area (Å²) < 4.78 is 4.82. The molecule has 0 radical (unpaired) electrons. The van der Waals surface area contributed by atoms with E-state index in [0.29, 0.717) is 25.9 Å². The summed E-state index contributed by atoms with van der Waals surface area (Å²) in [6.45, 7) is 8.24. The standard InChI is InChI=1S/C15H26N2O4/c1-6-16-15(4,13(20)21-5)8-7-9-17-11(18)10-14(2,3)12(17)19/h16H,6-10H2,1-5H3. The Labute approximate surface area is 126 Å². The van der Waals surface area contributed by atoms with E-state index in [0.717, 1.165) is 0 Å². The number of imide groups is 1. The second kappa shape index (κ2) is 6.56. The SMILES string of the molecule is CCNC(C)(CCCN1C(=O)CC(C)(C)C1=O)C(=O)OC. The van der Waals surface area contributed by atoms with Crippen molar-refractivity contribution < 1.29 is 19.1 Å². The van der Waals surface area contributed by atoms with Crippen LogP contribution in [0.2, 0.25) is 0 Å². The molecule has 6 heteroatoms. The summed E-state index contributed by atoms with van der Waals surface area (Å²) in [4.78, 5) is 37.1. The van der Waals surface area contributed by atoms with Crippen LogP contribution in [-0.2, 0) is 19.1 Å². The lowest BCUT2D eigenvalue weighted by Crippen LogP contribution is -2.50. The average Bonchev–Trinajstić information content (AvgIpc) is 2.59. The zero-order valence-electron chi connectivity index (χ0n) is 13.6. The summed E-state index contributed by atoms with van der Waals surface area (Å²) in [6.07, 6.45) is 1.32. The summed E-state index contributed by atoms with van der Waals surface area (Å²) in [5, 5.41) is 3.11. The molecule has 1 saturated heterocycles. The second-order valence-electron chi connectivity index (χ2n) is 6.37. The first-order chi connectivity index (χ1) is 9.68. The molecule has 1 heterocycles. The van der Waals surface area contributed by atoms with Gasteiger partial charge in [-0.15, -0.1) is 0 Å². The van der Waals surface area contributed by atoms with E-state index >= 15 is 0 Å². The molecule has 1 aliphatic heterocycles. The fraction of sp³-hybridized carbons (Fsp3) is 0.800. The molecule has 21 heavy (non-hydrogen) atoms. The van der Waals surface area contributed by atoms with Gasteiger partial charge in [0, 0.05) is 13.0 Å². The van der Waals surface area contributed by atoms with Crippen LogP contribution < -0.4 is 5.32 Å². The highest BCUT2D eigenvalue weighted by Gasteiger charge is 2.44. The first-order valence-corrected chi connectivity index (χ1v) is 7.36. The van der Waals surface area contributed by atoms with Crippen molar-refractivity contribution in [2.24, 2.45) is 5.41 Å². The molecule has 1 atom stereocenters. The van der Waals surface area contributed by atoms with Crippen LogP contribution in [0.4, 0.5) is 0 Å². The van der Waals surface area contributed by atoms with Gasteiger partial charge < -0.3 is 10.1 Å². The van der Waals surface area contributed by atoms with Gasteiger partial charge in [-0.25, -0.2) is 0 Å². The van der Waals surface area contributed by atoms with Crippen molar-refractivity contribution in [3.05, 3.63) is 0 Å². The Morgan fingerprint density at radius 1 is 1.43 bits per heavy atom. The Morgan fingerprint density at radius 2 is 2.05 bits per heavy atom. The topological polar surface area (TPSA) is 75.7 Å². The van der Waals surface area contributed by atoms with Gasteiger partial charge in [-0.1, -0.05) is 20.8 Å². The normalized spacial score (nSPS) is 20.5. The van der Waals surface area contributed by atoms with E-state index in [4.69, 9.17) is 4.74 Å². The minimum atomic E-state index is -0.787. The number of hydrogen-bond acceptors (Lipinski definition) is 5. The van der Waals surface area contributed by atoms with Gasteiger partial charge in [0.1, 0.15) is 5.54 Å². The first kappa shape index (κ1) is 17.6. The van der Waals surface area contributed by atoms with Gasteiger partial charge in [0.15, 0.2) is 0 Å². The minimum absolute atomic E-state index is 0.129. The van der Waals surface area contributed by atoms with Gasteiger partial charge in [0.05, 0.1) is 12.5 Å². The fourth-order valence-electron chi connectivity index (χ4n) is 2.72. The molecule has 1 unspecified atom stereocenters. The molecule has 6 nitrogen and oxygen atoms in total. The van der Waals surface area contributed by atoms with Crippen LogP contribution in [0.5, 0.6) is 0 Å². The molecule has 0 aromatic heterocycles. The number of ether oxygens (including phenoxy) is 1. The number of rotatable bonds is 7. The molecule has 1 fully saturated rings. The third-order valence-corrected chi connectivity index (χ3v) is 3.98. The molecular weight excluding hydrogens is 272 g/mol. The Bertz CT molecular complexity index is 433. The number of hydrogen-bond donors (Lipinski definition) is 1.